The summed E-state index contributed by atoms with van der Waals surface area (Å²) in [7, 11) is 0. The first kappa shape index (κ1) is 15.1. The van der Waals surface area contributed by atoms with Gasteiger partial charge in [0.25, 0.3) is 0 Å². The lowest BCUT2D eigenvalue weighted by Crippen LogP contribution is -2.18. The Hall–Kier alpha value is -0.930. The Labute approximate surface area is 112 Å². The van der Waals surface area contributed by atoms with Gasteiger partial charge in [0.2, 0.25) is 0 Å². The van der Waals surface area contributed by atoms with E-state index in [0.717, 1.165) is 12.8 Å². The van der Waals surface area contributed by atoms with Gasteiger partial charge in [0.1, 0.15) is 5.82 Å². The summed E-state index contributed by atoms with van der Waals surface area (Å²) < 4.78 is 13.1. The van der Waals surface area contributed by atoms with Crippen LogP contribution in [0.15, 0.2) is 18.2 Å². The van der Waals surface area contributed by atoms with Gasteiger partial charge in [0, 0.05) is 12.0 Å². The maximum absolute atomic E-state index is 13.1. The zero-order valence-corrected chi connectivity index (χ0v) is 11.6. The van der Waals surface area contributed by atoms with Crippen LogP contribution >= 0.6 is 11.6 Å². The van der Waals surface area contributed by atoms with Crippen molar-refractivity contribution in [3.8, 4) is 0 Å². The average molecular weight is 272 g/mol. The van der Waals surface area contributed by atoms with E-state index in [1.165, 1.54) is 18.2 Å². The lowest BCUT2D eigenvalue weighted by Gasteiger charge is -2.23. The molecule has 2 nitrogen and oxygen atoms in total. The fraction of sp³-hybridized carbons (Fsp3) is 0.500. The Morgan fingerprint density at radius 3 is 2.67 bits per heavy atom. The fourth-order valence-electron chi connectivity index (χ4n) is 1.81. The van der Waals surface area contributed by atoms with Gasteiger partial charge in [-0.25, -0.2) is 4.39 Å². The third-order valence-corrected chi connectivity index (χ3v) is 3.41. The van der Waals surface area contributed by atoms with E-state index in [4.69, 9.17) is 17.3 Å². The molecule has 0 aliphatic carbocycles. The van der Waals surface area contributed by atoms with Crippen LogP contribution in [0.2, 0.25) is 5.02 Å². The van der Waals surface area contributed by atoms with E-state index in [1.54, 1.807) is 0 Å². The Balaban J connectivity index is 2.69. The molecule has 0 saturated carbocycles. The SMILES string of the molecule is CC(C)(CCN)CCC(=O)c1cc(F)ccc1Cl. The molecular formula is C14H19ClFNO. The Morgan fingerprint density at radius 1 is 1.39 bits per heavy atom. The first-order chi connectivity index (χ1) is 8.35. The summed E-state index contributed by atoms with van der Waals surface area (Å²) in [6, 6.07) is 3.85. The van der Waals surface area contributed by atoms with Crippen LogP contribution in [0.4, 0.5) is 4.39 Å². The zero-order chi connectivity index (χ0) is 13.8. The van der Waals surface area contributed by atoms with Gasteiger partial charge in [-0.1, -0.05) is 25.4 Å². The molecule has 0 heterocycles. The third-order valence-electron chi connectivity index (χ3n) is 3.08. The van der Waals surface area contributed by atoms with Crippen molar-refractivity contribution in [3.05, 3.63) is 34.6 Å². The predicted octanol–water partition coefficient (Wildman–Crippen LogP) is 3.82. The van der Waals surface area contributed by atoms with Crippen molar-refractivity contribution in [2.24, 2.45) is 11.1 Å². The van der Waals surface area contributed by atoms with Crippen LogP contribution in [0.25, 0.3) is 0 Å². The number of rotatable bonds is 6. The first-order valence-electron chi connectivity index (χ1n) is 6.04. The predicted molar refractivity (Wildman–Crippen MR) is 72.4 cm³/mol. The number of hydrogen-bond acceptors (Lipinski definition) is 2. The Kier molecular flexibility index (Phi) is 5.29. The van der Waals surface area contributed by atoms with Crippen molar-refractivity contribution in [1.29, 1.82) is 0 Å². The summed E-state index contributed by atoms with van der Waals surface area (Å²) in [5.41, 5.74) is 5.80. The van der Waals surface area contributed by atoms with E-state index in [1.807, 2.05) is 0 Å². The van der Waals surface area contributed by atoms with E-state index >= 15 is 0 Å². The second-order valence-corrected chi connectivity index (χ2v) is 5.66. The molecule has 1 aromatic rings. The molecule has 2 N–H and O–H groups in total. The summed E-state index contributed by atoms with van der Waals surface area (Å²) in [5.74, 6) is -0.562. The first-order valence-corrected chi connectivity index (χ1v) is 6.42. The molecule has 100 valence electrons. The molecule has 0 aromatic heterocycles. The third kappa shape index (κ3) is 4.39. The minimum atomic E-state index is -0.441. The van der Waals surface area contributed by atoms with Gasteiger partial charge in [-0.2, -0.15) is 0 Å². The van der Waals surface area contributed by atoms with Crippen molar-refractivity contribution in [2.45, 2.75) is 33.1 Å². The molecule has 1 rings (SSSR count). The monoisotopic (exact) mass is 271 g/mol. The largest absolute Gasteiger partial charge is 0.330 e. The lowest BCUT2D eigenvalue weighted by molar-refractivity contribution is 0.0961. The Morgan fingerprint density at radius 2 is 2.06 bits per heavy atom. The molecule has 0 radical (unpaired) electrons. The summed E-state index contributed by atoms with van der Waals surface area (Å²) in [6.07, 6.45) is 1.93. The summed E-state index contributed by atoms with van der Waals surface area (Å²) in [4.78, 5) is 12.0. The van der Waals surface area contributed by atoms with Gasteiger partial charge in [-0.05, 0) is 43.0 Å². The molecule has 0 spiro atoms. The lowest BCUT2D eigenvalue weighted by atomic mass is 9.83. The minimum Gasteiger partial charge on any atom is -0.330 e. The molecule has 0 atom stereocenters. The molecule has 18 heavy (non-hydrogen) atoms. The van der Waals surface area contributed by atoms with Gasteiger partial charge in [0.05, 0.1) is 5.02 Å². The molecule has 0 aliphatic rings. The zero-order valence-electron chi connectivity index (χ0n) is 10.8. The number of ketones is 1. The van der Waals surface area contributed by atoms with Crippen LogP contribution in [0, 0.1) is 11.2 Å². The molecule has 4 heteroatoms. The topological polar surface area (TPSA) is 43.1 Å². The maximum atomic E-state index is 13.1. The van der Waals surface area contributed by atoms with Crippen molar-refractivity contribution in [2.75, 3.05) is 6.54 Å². The highest BCUT2D eigenvalue weighted by Gasteiger charge is 2.20. The average Bonchev–Trinajstić information content (AvgIpc) is 2.29. The number of Topliss-reactive ketones (excluding diaryl/α,β-unsaturated/α-hetero) is 1. The minimum absolute atomic E-state index is 0.0181. The molecular weight excluding hydrogens is 253 g/mol. The van der Waals surface area contributed by atoms with Crippen LogP contribution in [0.5, 0.6) is 0 Å². The number of benzene rings is 1. The quantitative estimate of drug-likeness (QED) is 0.800. The van der Waals surface area contributed by atoms with Crippen LogP contribution in [0.1, 0.15) is 43.5 Å². The normalized spacial score (nSPS) is 11.6. The summed E-state index contributed by atoms with van der Waals surface area (Å²) in [6.45, 7) is 4.74. The number of halogens is 2. The van der Waals surface area contributed by atoms with E-state index in [2.05, 4.69) is 13.8 Å². The Bertz CT molecular complexity index is 432. The van der Waals surface area contributed by atoms with Gasteiger partial charge in [-0.3, -0.25) is 4.79 Å². The van der Waals surface area contributed by atoms with Crippen molar-refractivity contribution < 1.29 is 9.18 Å². The molecule has 0 bridgehead atoms. The molecule has 1 aromatic carbocycles. The second kappa shape index (κ2) is 6.30. The van der Waals surface area contributed by atoms with Gasteiger partial charge >= 0.3 is 0 Å². The molecule has 0 aliphatic heterocycles. The highest BCUT2D eigenvalue weighted by atomic mass is 35.5. The fourth-order valence-corrected chi connectivity index (χ4v) is 2.04. The number of carbonyl (C=O) groups excluding carboxylic acids is 1. The van der Waals surface area contributed by atoms with Crippen LogP contribution < -0.4 is 5.73 Å². The highest BCUT2D eigenvalue weighted by Crippen LogP contribution is 2.28. The number of nitrogens with two attached hydrogens (primary N) is 1. The van der Waals surface area contributed by atoms with Crippen LogP contribution in [-0.2, 0) is 0 Å². The van der Waals surface area contributed by atoms with Crippen molar-refractivity contribution in [3.63, 3.8) is 0 Å². The van der Waals surface area contributed by atoms with Crippen LogP contribution in [0.3, 0.4) is 0 Å². The maximum Gasteiger partial charge on any atom is 0.164 e. The second-order valence-electron chi connectivity index (χ2n) is 5.25. The molecule has 0 unspecified atom stereocenters. The summed E-state index contributed by atoms with van der Waals surface area (Å²) in [5, 5.41) is 0.304. The molecule has 0 amide bonds. The molecule has 0 saturated heterocycles. The van der Waals surface area contributed by atoms with Gasteiger partial charge < -0.3 is 5.73 Å². The smallest absolute Gasteiger partial charge is 0.164 e. The highest BCUT2D eigenvalue weighted by molar-refractivity contribution is 6.33. The van der Waals surface area contributed by atoms with E-state index in [-0.39, 0.29) is 16.8 Å². The molecule has 0 fully saturated rings. The van der Waals surface area contributed by atoms with Crippen molar-refractivity contribution >= 4 is 17.4 Å². The van der Waals surface area contributed by atoms with Crippen molar-refractivity contribution in [1.82, 2.24) is 0 Å². The number of carbonyl (C=O) groups is 1. The number of hydrogen-bond donors (Lipinski definition) is 1. The van der Waals surface area contributed by atoms with E-state index < -0.39 is 5.82 Å². The van der Waals surface area contributed by atoms with Gasteiger partial charge in [-0.15, -0.1) is 0 Å². The van der Waals surface area contributed by atoms with Gasteiger partial charge in [0.15, 0.2) is 5.78 Å². The van der Waals surface area contributed by atoms with Crippen LogP contribution in [-0.4, -0.2) is 12.3 Å². The summed E-state index contributed by atoms with van der Waals surface area (Å²) >= 11 is 5.89. The van der Waals surface area contributed by atoms with E-state index in [0.29, 0.717) is 18.0 Å². The standard InChI is InChI=1S/C14H19ClFNO/c1-14(2,7-8-17)6-5-13(18)11-9-10(16)3-4-12(11)15/h3-4,9H,5-8,17H2,1-2H3. The van der Waals surface area contributed by atoms with E-state index in [9.17, 15) is 9.18 Å².